The maximum atomic E-state index is 10.3. The Morgan fingerprint density at radius 2 is 1.54 bits per heavy atom. The number of rotatable bonds is 6. The molecule has 0 saturated carbocycles. The van der Waals surface area contributed by atoms with Gasteiger partial charge in [-0.05, 0) is 0 Å². The molecule has 0 aromatic rings. The summed E-state index contributed by atoms with van der Waals surface area (Å²) in [4.78, 5) is 1.23. The summed E-state index contributed by atoms with van der Waals surface area (Å²) in [5.74, 6) is -0.561. The molecule has 0 fully saturated rings. The maximum Gasteiger partial charge on any atom is 1.00 e. The van der Waals surface area contributed by atoms with Crippen molar-refractivity contribution in [2.24, 2.45) is 0 Å². The Hall–Kier alpha value is 0.790. The van der Waals surface area contributed by atoms with E-state index in [0.717, 1.165) is 0 Å². The van der Waals surface area contributed by atoms with Crippen LogP contribution in [0.3, 0.4) is 0 Å². The summed E-state index contributed by atoms with van der Waals surface area (Å²) < 4.78 is 29.1. The molecule has 0 unspecified atom stereocenters. The first-order valence-corrected chi connectivity index (χ1v) is 4.99. The first-order valence-electron chi connectivity index (χ1n) is 3.39. The van der Waals surface area contributed by atoms with Gasteiger partial charge in [0.15, 0.2) is 0 Å². The summed E-state index contributed by atoms with van der Waals surface area (Å²) in [5.41, 5.74) is 0. The van der Waals surface area contributed by atoms with E-state index < -0.39 is 16.0 Å². The molecular formula is C5H14NNaO5S. The van der Waals surface area contributed by atoms with Crippen molar-refractivity contribution < 1.29 is 54.2 Å². The number of hydrogen-bond acceptors (Lipinski definition) is 5. The molecule has 0 aromatic carbocycles. The Labute approximate surface area is 101 Å². The van der Waals surface area contributed by atoms with Gasteiger partial charge in [-0.2, -0.15) is 8.42 Å². The Kier molecular flexibility index (Phi) is 10.1. The molecule has 8 heteroatoms. The van der Waals surface area contributed by atoms with Crippen LogP contribution in [0.25, 0.3) is 0 Å². The molecule has 0 aromatic heterocycles. The molecule has 13 heavy (non-hydrogen) atoms. The van der Waals surface area contributed by atoms with Gasteiger partial charge in [0.25, 0.3) is 10.1 Å². The monoisotopic (exact) mass is 223 g/mol. The van der Waals surface area contributed by atoms with Crippen molar-refractivity contribution in [2.45, 2.75) is 0 Å². The van der Waals surface area contributed by atoms with Crippen LogP contribution in [0, 0.1) is 0 Å². The van der Waals surface area contributed by atoms with Crippen LogP contribution < -0.4 is 29.6 Å². The third kappa shape index (κ3) is 10.7. The van der Waals surface area contributed by atoms with E-state index >= 15 is 0 Å². The van der Waals surface area contributed by atoms with Gasteiger partial charge in [0, 0.05) is 13.1 Å². The zero-order valence-electron chi connectivity index (χ0n) is 8.55. The molecule has 0 radical (unpaired) electrons. The summed E-state index contributed by atoms with van der Waals surface area (Å²) >= 11 is 0. The predicted molar refractivity (Wildman–Crippen MR) is 43.3 cm³/mol. The number of hydrogen-bond donors (Lipinski definition) is 3. The molecule has 0 spiro atoms. The standard InChI is InChI=1S/C5H13NO5S.Na.H/c7-3-1-6(2-4-8)5-12(9,10)11;;/h7-8H,1-5H2,(H,9,10,11);;/q;+1;-1. The molecule has 0 atom stereocenters. The van der Waals surface area contributed by atoms with Gasteiger partial charge >= 0.3 is 29.6 Å². The number of nitrogens with zero attached hydrogens (tertiary/aromatic N) is 1. The molecule has 0 aliphatic rings. The van der Waals surface area contributed by atoms with Crippen LogP contribution in [0.4, 0.5) is 0 Å². The molecule has 0 heterocycles. The fraction of sp³-hybridized carbons (Fsp3) is 1.00. The van der Waals surface area contributed by atoms with E-state index in [-0.39, 0.29) is 57.3 Å². The molecule has 0 aliphatic heterocycles. The van der Waals surface area contributed by atoms with Gasteiger partial charge in [0.1, 0.15) is 5.88 Å². The van der Waals surface area contributed by atoms with Crippen molar-refractivity contribution in [2.75, 3.05) is 32.2 Å². The minimum atomic E-state index is -4.06. The molecule has 0 saturated heterocycles. The first-order chi connectivity index (χ1) is 5.49. The second-order valence-corrected chi connectivity index (χ2v) is 3.70. The Morgan fingerprint density at radius 1 is 1.15 bits per heavy atom. The molecule has 0 bridgehead atoms. The minimum Gasteiger partial charge on any atom is -1.00 e. The van der Waals surface area contributed by atoms with Gasteiger partial charge in [0.05, 0.1) is 13.2 Å². The SMILES string of the molecule is O=S(=O)(O)CN(CCO)CCO.[H-].[Na+]. The largest absolute Gasteiger partial charge is 1.00 e. The van der Waals surface area contributed by atoms with E-state index in [2.05, 4.69) is 0 Å². The quantitative estimate of drug-likeness (QED) is 0.309. The molecule has 0 rings (SSSR count). The molecule has 76 valence electrons. The van der Waals surface area contributed by atoms with Gasteiger partial charge in [-0.15, -0.1) is 0 Å². The molecule has 0 aliphatic carbocycles. The smallest absolute Gasteiger partial charge is 1.00 e. The molecular weight excluding hydrogens is 209 g/mol. The summed E-state index contributed by atoms with van der Waals surface area (Å²) in [6.45, 7) is -0.203. The first kappa shape index (κ1) is 16.2. The van der Waals surface area contributed by atoms with Crippen LogP contribution in [-0.2, 0) is 10.1 Å². The maximum absolute atomic E-state index is 10.3. The van der Waals surface area contributed by atoms with Gasteiger partial charge in [-0.1, -0.05) is 0 Å². The van der Waals surface area contributed by atoms with Gasteiger partial charge < -0.3 is 11.6 Å². The van der Waals surface area contributed by atoms with Gasteiger partial charge in [-0.3, -0.25) is 9.45 Å². The fourth-order valence-corrected chi connectivity index (χ4v) is 1.47. The Balaban J connectivity index is -0.000000605. The van der Waals surface area contributed by atoms with Crippen LogP contribution in [0.1, 0.15) is 1.43 Å². The van der Waals surface area contributed by atoms with Crippen LogP contribution in [0.15, 0.2) is 0 Å². The van der Waals surface area contributed by atoms with Crippen molar-refractivity contribution in [3.05, 3.63) is 0 Å². The van der Waals surface area contributed by atoms with Crippen molar-refractivity contribution in [3.8, 4) is 0 Å². The third-order valence-corrected chi connectivity index (χ3v) is 1.87. The average Bonchev–Trinajstić information content (AvgIpc) is 1.84. The summed E-state index contributed by atoms with van der Waals surface area (Å²) in [7, 11) is -4.06. The van der Waals surface area contributed by atoms with Crippen LogP contribution in [-0.4, -0.2) is 60.3 Å². The van der Waals surface area contributed by atoms with Crippen molar-refractivity contribution >= 4 is 10.1 Å². The van der Waals surface area contributed by atoms with E-state index in [0.29, 0.717) is 0 Å². The van der Waals surface area contributed by atoms with Gasteiger partial charge in [0.2, 0.25) is 0 Å². The second-order valence-electron chi connectivity index (χ2n) is 2.28. The Bertz CT molecular complexity index is 206. The third-order valence-electron chi connectivity index (χ3n) is 1.18. The summed E-state index contributed by atoms with van der Waals surface area (Å²) in [6.07, 6.45) is 0. The van der Waals surface area contributed by atoms with Crippen LogP contribution in [0.2, 0.25) is 0 Å². The summed E-state index contributed by atoms with van der Waals surface area (Å²) in [6, 6.07) is 0. The second kappa shape index (κ2) is 8.13. The van der Waals surface area contributed by atoms with E-state index in [4.69, 9.17) is 14.8 Å². The van der Waals surface area contributed by atoms with E-state index in [1.807, 2.05) is 0 Å². The minimum absolute atomic E-state index is 0. The topological polar surface area (TPSA) is 98.1 Å². The zero-order chi connectivity index (χ0) is 9.61. The van der Waals surface area contributed by atoms with Crippen molar-refractivity contribution in [1.29, 1.82) is 0 Å². The fourth-order valence-electron chi connectivity index (χ4n) is 0.754. The van der Waals surface area contributed by atoms with Crippen molar-refractivity contribution in [1.82, 2.24) is 4.90 Å². The van der Waals surface area contributed by atoms with E-state index in [1.165, 1.54) is 4.90 Å². The molecule has 6 nitrogen and oxygen atoms in total. The summed E-state index contributed by atoms with van der Waals surface area (Å²) in [5, 5.41) is 16.9. The van der Waals surface area contributed by atoms with Crippen LogP contribution in [0.5, 0.6) is 0 Å². The normalized spacial score (nSPS) is 11.4. The number of aliphatic hydroxyl groups excluding tert-OH is 2. The zero-order valence-corrected chi connectivity index (χ0v) is 10.4. The molecule has 0 amide bonds. The molecule has 3 N–H and O–H groups in total. The van der Waals surface area contributed by atoms with Crippen LogP contribution >= 0.6 is 0 Å². The average molecular weight is 223 g/mol. The number of aliphatic hydroxyl groups is 2. The van der Waals surface area contributed by atoms with E-state index in [1.54, 1.807) is 0 Å². The van der Waals surface area contributed by atoms with E-state index in [9.17, 15) is 8.42 Å². The predicted octanol–water partition coefficient (Wildman–Crippen LogP) is -4.77. The van der Waals surface area contributed by atoms with Crippen molar-refractivity contribution in [3.63, 3.8) is 0 Å². The van der Waals surface area contributed by atoms with Gasteiger partial charge in [-0.25, -0.2) is 0 Å². The Morgan fingerprint density at radius 3 is 1.77 bits per heavy atom.